The van der Waals surface area contributed by atoms with Crippen molar-refractivity contribution in [3.8, 4) is 5.75 Å². The van der Waals surface area contributed by atoms with Crippen LogP contribution in [0.4, 0.5) is 0 Å². The zero-order valence-corrected chi connectivity index (χ0v) is 13.7. The van der Waals surface area contributed by atoms with Crippen LogP contribution in [0.3, 0.4) is 0 Å². The van der Waals surface area contributed by atoms with Crippen LogP contribution in [-0.2, 0) is 11.2 Å². The first-order valence-electron chi connectivity index (χ1n) is 7.41. The van der Waals surface area contributed by atoms with Gasteiger partial charge in [0.1, 0.15) is 11.5 Å². The van der Waals surface area contributed by atoms with Gasteiger partial charge in [0.05, 0.1) is 6.61 Å². The van der Waals surface area contributed by atoms with E-state index < -0.39 is 0 Å². The molecule has 1 saturated carbocycles. The SMILES string of the molecule is CC(=O)CCc1ccc(OCC2(CBr)CCCC2)cc1. The molecule has 0 heterocycles. The molecular weight excluding hydrogens is 316 g/mol. The van der Waals surface area contributed by atoms with E-state index >= 15 is 0 Å². The number of aryl methyl sites for hydroxylation is 1. The number of carbonyl (C=O) groups excluding carboxylic acids is 1. The Morgan fingerprint density at radius 2 is 1.90 bits per heavy atom. The molecule has 0 amide bonds. The second-order valence-electron chi connectivity index (χ2n) is 5.98. The normalized spacial score (nSPS) is 17.1. The van der Waals surface area contributed by atoms with Gasteiger partial charge in [0.25, 0.3) is 0 Å². The Bertz CT molecular complexity index is 433. The third kappa shape index (κ3) is 4.34. The molecule has 1 aliphatic carbocycles. The smallest absolute Gasteiger partial charge is 0.130 e. The van der Waals surface area contributed by atoms with Gasteiger partial charge in [-0.05, 0) is 43.9 Å². The van der Waals surface area contributed by atoms with Crippen LogP contribution in [0.5, 0.6) is 5.75 Å². The van der Waals surface area contributed by atoms with Crippen molar-refractivity contribution >= 4 is 21.7 Å². The molecule has 1 fully saturated rings. The van der Waals surface area contributed by atoms with Crippen molar-refractivity contribution in [2.24, 2.45) is 5.41 Å². The number of hydrogen-bond donors (Lipinski definition) is 0. The Kier molecular flexibility index (Phi) is 5.64. The molecule has 0 bridgehead atoms. The first kappa shape index (κ1) is 15.6. The number of hydrogen-bond acceptors (Lipinski definition) is 2. The first-order valence-corrected chi connectivity index (χ1v) is 8.53. The molecule has 0 saturated heterocycles. The van der Waals surface area contributed by atoms with Crippen LogP contribution in [0.2, 0.25) is 0 Å². The van der Waals surface area contributed by atoms with Gasteiger partial charge >= 0.3 is 0 Å². The number of rotatable bonds is 7. The summed E-state index contributed by atoms with van der Waals surface area (Å²) in [6.45, 7) is 2.43. The predicted molar refractivity (Wildman–Crippen MR) is 85.6 cm³/mol. The molecule has 0 N–H and O–H groups in total. The van der Waals surface area contributed by atoms with E-state index in [0.29, 0.717) is 11.8 Å². The number of alkyl halides is 1. The lowest BCUT2D eigenvalue weighted by molar-refractivity contribution is -0.116. The molecule has 2 nitrogen and oxygen atoms in total. The average molecular weight is 339 g/mol. The van der Waals surface area contributed by atoms with E-state index in [2.05, 4.69) is 28.1 Å². The molecule has 3 heteroatoms. The molecule has 0 aromatic heterocycles. The van der Waals surface area contributed by atoms with Crippen LogP contribution in [0.25, 0.3) is 0 Å². The Morgan fingerprint density at radius 3 is 2.45 bits per heavy atom. The van der Waals surface area contributed by atoms with E-state index in [0.717, 1.165) is 24.1 Å². The molecule has 0 aliphatic heterocycles. The second kappa shape index (κ2) is 7.26. The monoisotopic (exact) mass is 338 g/mol. The lowest BCUT2D eigenvalue weighted by Gasteiger charge is -2.26. The van der Waals surface area contributed by atoms with Gasteiger partial charge in [0.15, 0.2) is 0 Å². The summed E-state index contributed by atoms with van der Waals surface area (Å²) in [4.78, 5) is 11.0. The molecule has 20 heavy (non-hydrogen) atoms. The Balaban J connectivity index is 1.85. The third-order valence-corrected chi connectivity index (χ3v) is 5.37. The van der Waals surface area contributed by atoms with Crippen molar-refractivity contribution in [2.45, 2.75) is 45.4 Å². The van der Waals surface area contributed by atoms with E-state index in [9.17, 15) is 4.79 Å². The van der Waals surface area contributed by atoms with E-state index in [-0.39, 0.29) is 5.78 Å². The summed E-state index contributed by atoms with van der Waals surface area (Å²) in [5, 5.41) is 1.02. The van der Waals surface area contributed by atoms with Gasteiger partial charge in [-0.1, -0.05) is 40.9 Å². The minimum Gasteiger partial charge on any atom is -0.493 e. The minimum atomic E-state index is 0.242. The highest BCUT2D eigenvalue weighted by Gasteiger charge is 2.33. The van der Waals surface area contributed by atoms with Crippen LogP contribution in [0.1, 0.15) is 44.6 Å². The molecule has 1 aliphatic rings. The van der Waals surface area contributed by atoms with Gasteiger partial charge in [0.2, 0.25) is 0 Å². The van der Waals surface area contributed by atoms with Crippen molar-refractivity contribution in [3.05, 3.63) is 29.8 Å². The van der Waals surface area contributed by atoms with E-state index in [1.165, 1.54) is 31.2 Å². The molecular formula is C17H23BrO2. The summed E-state index contributed by atoms with van der Waals surface area (Å²) in [5.74, 6) is 1.18. The Hall–Kier alpha value is -0.830. The fourth-order valence-corrected chi connectivity index (χ4v) is 3.47. The fourth-order valence-electron chi connectivity index (χ4n) is 2.75. The van der Waals surface area contributed by atoms with Crippen LogP contribution >= 0.6 is 15.9 Å². The molecule has 1 aromatic rings. The molecule has 0 unspecified atom stereocenters. The summed E-state index contributed by atoms with van der Waals surface area (Å²) in [6, 6.07) is 8.17. The van der Waals surface area contributed by atoms with Gasteiger partial charge in [-0.15, -0.1) is 0 Å². The molecule has 0 spiro atoms. The quantitative estimate of drug-likeness (QED) is 0.682. The topological polar surface area (TPSA) is 26.3 Å². The zero-order valence-electron chi connectivity index (χ0n) is 12.2. The first-order chi connectivity index (χ1) is 9.63. The second-order valence-corrected chi connectivity index (χ2v) is 6.54. The largest absolute Gasteiger partial charge is 0.493 e. The molecule has 2 rings (SSSR count). The maximum absolute atomic E-state index is 11.0. The van der Waals surface area contributed by atoms with Crippen LogP contribution in [0.15, 0.2) is 24.3 Å². The number of carbonyl (C=O) groups is 1. The van der Waals surface area contributed by atoms with Gasteiger partial charge < -0.3 is 9.53 Å². The Morgan fingerprint density at radius 1 is 1.25 bits per heavy atom. The van der Waals surface area contributed by atoms with E-state index in [1.54, 1.807) is 6.92 Å². The number of Topliss-reactive ketones (excluding diaryl/α,β-unsaturated/α-hetero) is 1. The number of benzene rings is 1. The van der Waals surface area contributed by atoms with Crippen molar-refractivity contribution in [1.82, 2.24) is 0 Å². The summed E-state index contributed by atoms with van der Waals surface area (Å²) < 4.78 is 5.97. The van der Waals surface area contributed by atoms with Crippen molar-refractivity contribution in [1.29, 1.82) is 0 Å². The molecule has 0 atom stereocenters. The van der Waals surface area contributed by atoms with Gasteiger partial charge in [0, 0.05) is 17.2 Å². The van der Waals surface area contributed by atoms with Crippen molar-refractivity contribution in [2.75, 3.05) is 11.9 Å². The zero-order chi connectivity index (χ0) is 14.4. The van der Waals surface area contributed by atoms with Gasteiger partial charge in [-0.25, -0.2) is 0 Å². The highest BCUT2D eigenvalue weighted by molar-refractivity contribution is 9.09. The summed E-state index contributed by atoms with van der Waals surface area (Å²) in [7, 11) is 0. The minimum absolute atomic E-state index is 0.242. The molecule has 1 aromatic carbocycles. The standard InChI is InChI=1S/C17H23BrO2/c1-14(19)4-5-15-6-8-16(9-7-15)20-13-17(12-18)10-2-3-11-17/h6-9H,2-5,10-13H2,1H3. The van der Waals surface area contributed by atoms with Crippen LogP contribution in [-0.4, -0.2) is 17.7 Å². The predicted octanol–water partition coefficient (Wildman–Crippen LogP) is 4.54. The van der Waals surface area contributed by atoms with Gasteiger partial charge in [-0.2, -0.15) is 0 Å². The van der Waals surface area contributed by atoms with Crippen molar-refractivity contribution in [3.63, 3.8) is 0 Å². The molecule has 110 valence electrons. The Labute approximate surface area is 130 Å². The van der Waals surface area contributed by atoms with E-state index in [1.807, 2.05) is 12.1 Å². The fraction of sp³-hybridized carbons (Fsp3) is 0.588. The lowest BCUT2D eigenvalue weighted by atomic mass is 9.90. The van der Waals surface area contributed by atoms with Crippen molar-refractivity contribution < 1.29 is 9.53 Å². The summed E-state index contributed by atoms with van der Waals surface area (Å²) in [6.07, 6.45) is 6.59. The van der Waals surface area contributed by atoms with Crippen LogP contribution < -0.4 is 4.74 Å². The number of ketones is 1. The maximum atomic E-state index is 11.0. The van der Waals surface area contributed by atoms with E-state index in [4.69, 9.17) is 4.74 Å². The third-order valence-electron chi connectivity index (χ3n) is 4.18. The highest BCUT2D eigenvalue weighted by atomic mass is 79.9. The summed E-state index contributed by atoms with van der Waals surface area (Å²) in [5.41, 5.74) is 1.52. The highest BCUT2D eigenvalue weighted by Crippen LogP contribution is 2.40. The molecule has 0 radical (unpaired) electrons. The maximum Gasteiger partial charge on any atom is 0.130 e. The number of halogens is 1. The van der Waals surface area contributed by atoms with Crippen LogP contribution in [0, 0.1) is 5.41 Å². The number of ether oxygens (including phenoxy) is 1. The van der Waals surface area contributed by atoms with Gasteiger partial charge in [-0.3, -0.25) is 0 Å². The lowest BCUT2D eigenvalue weighted by Crippen LogP contribution is -2.26. The average Bonchev–Trinajstić information content (AvgIpc) is 2.93. The summed E-state index contributed by atoms with van der Waals surface area (Å²) >= 11 is 3.64.